The summed E-state index contributed by atoms with van der Waals surface area (Å²) < 4.78 is 24.5. The second-order valence-corrected chi connectivity index (χ2v) is 7.48. The molecule has 0 atom stereocenters. The summed E-state index contributed by atoms with van der Waals surface area (Å²) in [5.74, 6) is 0. The van der Waals surface area contributed by atoms with Gasteiger partial charge in [-0.2, -0.15) is 4.31 Å². The summed E-state index contributed by atoms with van der Waals surface area (Å²) in [6.45, 7) is 2.07. The van der Waals surface area contributed by atoms with Gasteiger partial charge in [0.1, 0.15) is 4.99 Å². The van der Waals surface area contributed by atoms with Crippen LogP contribution in [0.4, 0.5) is 5.69 Å². The molecular formula is C12H16ClN3O2S2. The second-order valence-electron chi connectivity index (χ2n) is 4.65. The minimum Gasteiger partial charge on any atom is -0.389 e. The van der Waals surface area contributed by atoms with Crippen molar-refractivity contribution in [3.8, 4) is 0 Å². The number of hydrogen-bond acceptors (Lipinski definition) is 4. The molecule has 2 rings (SSSR count). The molecule has 1 aromatic carbocycles. The van der Waals surface area contributed by atoms with Crippen molar-refractivity contribution in [1.29, 1.82) is 0 Å². The molecule has 0 aromatic heterocycles. The van der Waals surface area contributed by atoms with Gasteiger partial charge in [-0.25, -0.2) is 8.42 Å². The van der Waals surface area contributed by atoms with Crippen LogP contribution in [-0.2, 0) is 10.0 Å². The van der Waals surface area contributed by atoms with Crippen molar-refractivity contribution in [2.45, 2.75) is 0 Å². The van der Waals surface area contributed by atoms with E-state index in [1.54, 1.807) is 6.07 Å². The van der Waals surface area contributed by atoms with E-state index in [9.17, 15) is 8.42 Å². The van der Waals surface area contributed by atoms with Crippen LogP contribution in [-0.4, -0.2) is 50.1 Å². The lowest BCUT2D eigenvalue weighted by atomic mass is 10.1. The van der Waals surface area contributed by atoms with E-state index in [0.717, 1.165) is 5.69 Å². The highest BCUT2D eigenvalue weighted by atomic mass is 35.5. The zero-order chi connectivity index (χ0) is 14.9. The molecule has 0 amide bonds. The Kier molecular flexibility index (Phi) is 4.53. The maximum absolute atomic E-state index is 11.5. The average molecular weight is 334 g/mol. The predicted octanol–water partition coefficient (Wildman–Crippen LogP) is 1.06. The number of hydrogen-bond donors (Lipinski definition) is 1. The zero-order valence-corrected chi connectivity index (χ0v) is 13.4. The lowest BCUT2D eigenvalue weighted by Crippen LogP contribution is -2.48. The number of anilines is 1. The third-order valence-electron chi connectivity index (χ3n) is 3.29. The summed E-state index contributed by atoms with van der Waals surface area (Å²) in [6, 6.07) is 5.48. The quantitative estimate of drug-likeness (QED) is 0.838. The number of sulfonamides is 1. The molecule has 1 aliphatic heterocycles. The van der Waals surface area contributed by atoms with Crippen molar-refractivity contribution in [3.63, 3.8) is 0 Å². The molecule has 2 N–H and O–H groups in total. The fraction of sp³-hybridized carbons (Fsp3) is 0.417. The number of nitrogens with two attached hydrogens (primary N) is 1. The number of rotatable bonds is 3. The molecule has 1 fully saturated rings. The SMILES string of the molecule is CS(=O)(=O)N1CCN(c2cccc(Cl)c2C(N)=S)CC1. The van der Waals surface area contributed by atoms with Gasteiger partial charge in [0.25, 0.3) is 0 Å². The molecule has 20 heavy (non-hydrogen) atoms. The molecule has 5 nitrogen and oxygen atoms in total. The Labute approximate surface area is 129 Å². The Bertz CT molecular complexity index is 626. The molecule has 0 radical (unpaired) electrons. The normalized spacial score (nSPS) is 17.2. The van der Waals surface area contributed by atoms with Gasteiger partial charge in [-0.15, -0.1) is 0 Å². The van der Waals surface area contributed by atoms with E-state index in [4.69, 9.17) is 29.6 Å². The molecule has 0 saturated carbocycles. The molecule has 8 heteroatoms. The molecule has 1 saturated heterocycles. The van der Waals surface area contributed by atoms with Gasteiger partial charge in [-0.3, -0.25) is 0 Å². The van der Waals surface area contributed by atoms with Crippen LogP contribution in [0.5, 0.6) is 0 Å². The number of nitrogens with zero attached hydrogens (tertiary/aromatic N) is 2. The monoisotopic (exact) mass is 333 g/mol. The molecular weight excluding hydrogens is 318 g/mol. The standard InChI is InChI=1S/C12H16ClN3O2S2/c1-20(17,18)16-7-5-15(6-8-16)10-4-2-3-9(13)11(10)12(14)19/h2-4H,5-8H2,1H3,(H2,14,19). The van der Waals surface area contributed by atoms with Crippen molar-refractivity contribution in [1.82, 2.24) is 4.31 Å². The van der Waals surface area contributed by atoms with E-state index >= 15 is 0 Å². The summed E-state index contributed by atoms with van der Waals surface area (Å²) in [7, 11) is -3.14. The third kappa shape index (κ3) is 3.22. The maximum atomic E-state index is 11.5. The molecule has 0 unspecified atom stereocenters. The molecule has 1 aromatic rings. The second kappa shape index (κ2) is 5.85. The van der Waals surface area contributed by atoms with E-state index < -0.39 is 10.0 Å². The fourth-order valence-electron chi connectivity index (χ4n) is 2.28. The van der Waals surface area contributed by atoms with Gasteiger partial charge >= 0.3 is 0 Å². The van der Waals surface area contributed by atoms with E-state index in [2.05, 4.69) is 4.90 Å². The summed E-state index contributed by atoms with van der Waals surface area (Å²) in [5, 5.41) is 0.514. The minimum absolute atomic E-state index is 0.246. The lowest BCUT2D eigenvalue weighted by molar-refractivity contribution is 0.388. The fourth-order valence-corrected chi connectivity index (χ4v) is 3.65. The number of benzene rings is 1. The van der Waals surface area contributed by atoms with E-state index in [1.165, 1.54) is 10.6 Å². The topological polar surface area (TPSA) is 66.6 Å². The predicted molar refractivity (Wildman–Crippen MR) is 86.0 cm³/mol. The molecule has 0 bridgehead atoms. The number of thiocarbonyl (C=S) groups is 1. The highest BCUT2D eigenvalue weighted by molar-refractivity contribution is 7.88. The van der Waals surface area contributed by atoms with Crippen LogP contribution in [0.3, 0.4) is 0 Å². The first kappa shape index (κ1) is 15.5. The molecule has 1 aliphatic rings. The van der Waals surface area contributed by atoms with Crippen molar-refractivity contribution in [2.24, 2.45) is 5.73 Å². The molecule has 110 valence electrons. The van der Waals surface area contributed by atoms with Gasteiger partial charge in [0, 0.05) is 31.9 Å². The highest BCUT2D eigenvalue weighted by Gasteiger charge is 2.25. The molecule has 0 spiro atoms. The van der Waals surface area contributed by atoms with E-state index in [0.29, 0.717) is 36.8 Å². The Balaban J connectivity index is 2.24. The van der Waals surface area contributed by atoms with Crippen molar-refractivity contribution in [3.05, 3.63) is 28.8 Å². The van der Waals surface area contributed by atoms with Crippen LogP contribution < -0.4 is 10.6 Å². The van der Waals surface area contributed by atoms with Crippen LogP contribution in [0, 0.1) is 0 Å². The molecule has 0 aliphatic carbocycles. The minimum atomic E-state index is -3.14. The third-order valence-corrected chi connectivity index (χ3v) is 5.11. The van der Waals surface area contributed by atoms with Gasteiger partial charge in [0.15, 0.2) is 0 Å². The largest absolute Gasteiger partial charge is 0.389 e. The Hall–Kier alpha value is -0.890. The smallest absolute Gasteiger partial charge is 0.211 e. The van der Waals surface area contributed by atoms with Gasteiger partial charge < -0.3 is 10.6 Å². The Morgan fingerprint density at radius 1 is 1.30 bits per heavy atom. The number of piperazine rings is 1. The zero-order valence-electron chi connectivity index (χ0n) is 11.0. The van der Waals surface area contributed by atoms with Gasteiger partial charge in [0.2, 0.25) is 10.0 Å². The average Bonchev–Trinajstić information content (AvgIpc) is 2.37. The van der Waals surface area contributed by atoms with Crippen molar-refractivity contribution < 1.29 is 8.42 Å². The Morgan fingerprint density at radius 3 is 2.40 bits per heavy atom. The number of halogens is 1. The van der Waals surface area contributed by atoms with Gasteiger partial charge in [0.05, 0.1) is 16.8 Å². The highest BCUT2D eigenvalue weighted by Crippen LogP contribution is 2.28. The lowest BCUT2D eigenvalue weighted by Gasteiger charge is -2.35. The van der Waals surface area contributed by atoms with Crippen LogP contribution >= 0.6 is 23.8 Å². The molecule has 1 heterocycles. The Morgan fingerprint density at radius 2 is 1.90 bits per heavy atom. The van der Waals surface area contributed by atoms with Crippen LogP contribution in [0.2, 0.25) is 5.02 Å². The summed E-state index contributed by atoms with van der Waals surface area (Å²) in [4.78, 5) is 2.30. The van der Waals surface area contributed by atoms with Gasteiger partial charge in [-0.05, 0) is 12.1 Å². The van der Waals surface area contributed by atoms with E-state index in [-0.39, 0.29) is 4.99 Å². The summed E-state index contributed by atoms with van der Waals surface area (Å²) in [5.41, 5.74) is 7.24. The van der Waals surface area contributed by atoms with Gasteiger partial charge in [-0.1, -0.05) is 29.9 Å². The first-order valence-corrected chi connectivity index (χ1v) is 8.72. The van der Waals surface area contributed by atoms with Crippen molar-refractivity contribution in [2.75, 3.05) is 37.3 Å². The summed E-state index contributed by atoms with van der Waals surface area (Å²) in [6.07, 6.45) is 1.22. The van der Waals surface area contributed by atoms with Crippen LogP contribution in [0.1, 0.15) is 5.56 Å². The van der Waals surface area contributed by atoms with Crippen molar-refractivity contribution >= 4 is 44.5 Å². The summed E-state index contributed by atoms with van der Waals surface area (Å²) >= 11 is 11.2. The van der Waals surface area contributed by atoms with Crippen LogP contribution in [0.15, 0.2) is 18.2 Å². The van der Waals surface area contributed by atoms with Crippen LogP contribution in [0.25, 0.3) is 0 Å². The van der Waals surface area contributed by atoms with E-state index in [1.807, 2.05) is 12.1 Å². The first-order valence-electron chi connectivity index (χ1n) is 6.09. The first-order chi connectivity index (χ1) is 9.30. The maximum Gasteiger partial charge on any atom is 0.211 e.